The third-order valence-corrected chi connectivity index (χ3v) is 2.20. The first-order valence-corrected chi connectivity index (χ1v) is 3.45. The van der Waals surface area contributed by atoms with Crippen molar-refractivity contribution in [2.45, 2.75) is 6.42 Å². The van der Waals surface area contributed by atoms with E-state index in [1.54, 1.807) is 0 Å². The van der Waals surface area contributed by atoms with Gasteiger partial charge in [0.2, 0.25) is 0 Å². The van der Waals surface area contributed by atoms with Crippen LogP contribution in [0.3, 0.4) is 0 Å². The summed E-state index contributed by atoms with van der Waals surface area (Å²) in [6.07, 6.45) is 2.80. The molecule has 1 aliphatic rings. The van der Waals surface area contributed by atoms with E-state index in [1.165, 1.54) is 11.8 Å². The summed E-state index contributed by atoms with van der Waals surface area (Å²) in [5, 5.41) is 0. The van der Waals surface area contributed by atoms with E-state index < -0.39 is 0 Å². The van der Waals surface area contributed by atoms with Crippen molar-refractivity contribution in [3.05, 3.63) is 10.4 Å². The Kier molecular flexibility index (Phi) is 1.73. The van der Waals surface area contributed by atoms with Gasteiger partial charge in [0.1, 0.15) is 0 Å². The van der Waals surface area contributed by atoms with E-state index in [9.17, 15) is 0 Å². The number of hydrogen-bond donors (Lipinski definition) is 0. The lowest BCUT2D eigenvalue weighted by molar-refractivity contribution is 1.59. The fraction of sp³-hybridized carbons (Fsp3) is 0.250. The van der Waals surface area contributed by atoms with Crippen molar-refractivity contribution >= 4 is 39.8 Å². The van der Waals surface area contributed by atoms with Crippen LogP contribution in [0.15, 0.2) is 10.4 Å². The molecule has 1 heterocycles. The molecule has 0 bridgehead atoms. The van der Waals surface area contributed by atoms with Gasteiger partial charge in [0.15, 0.2) is 0 Å². The largest absolute Gasteiger partial charge is 0.0767 e. The Bertz CT molecular complexity index is 128. The Labute approximate surface area is 56.9 Å². The van der Waals surface area contributed by atoms with E-state index in [4.69, 9.17) is 23.8 Å². The Hall–Kier alpha value is 0.470. The van der Waals surface area contributed by atoms with Crippen molar-refractivity contribution in [1.82, 2.24) is 0 Å². The van der Waals surface area contributed by atoms with Crippen molar-refractivity contribution in [2.24, 2.45) is 0 Å². The van der Waals surface area contributed by atoms with Crippen LogP contribution in [-0.2, 0) is 0 Å². The molecule has 0 N–H and O–H groups in total. The minimum atomic E-state index is 0.824. The highest BCUT2D eigenvalue weighted by Crippen LogP contribution is 2.30. The molecule has 38 valence electrons. The molecule has 3 heteroatoms. The SMILES string of the molecule is S=C1CC=C(Cl)S1. The first-order chi connectivity index (χ1) is 3.29. The van der Waals surface area contributed by atoms with Crippen LogP contribution in [0, 0.1) is 0 Å². The maximum Gasteiger partial charge on any atom is 0.0751 e. The minimum absolute atomic E-state index is 0.824. The van der Waals surface area contributed by atoms with Gasteiger partial charge in [-0.15, -0.1) is 0 Å². The van der Waals surface area contributed by atoms with Crippen LogP contribution in [0.4, 0.5) is 0 Å². The number of hydrogen-bond acceptors (Lipinski definition) is 2. The van der Waals surface area contributed by atoms with Crippen molar-refractivity contribution in [3.63, 3.8) is 0 Å². The van der Waals surface area contributed by atoms with Crippen molar-refractivity contribution in [2.75, 3.05) is 0 Å². The van der Waals surface area contributed by atoms with Gasteiger partial charge in [-0.3, -0.25) is 0 Å². The van der Waals surface area contributed by atoms with Crippen LogP contribution in [0.2, 0.25) is 0 Å². The molecule has 0 atom stereocenters. The van der Waals surface area contributed by atoms with Gasteiger partial charge in [-0.2, -0.15) is 0 Å². The van der Waals surface area contributed by atoms with E-state index in [2.05, 4.69) is 0 Å². The molecule has 0 saturated carbocycles. The second-order valence-electron chi connectivity index (χ2n) is 1.19. The quantitative estimate of drug-likeness (QED) is 0.487. The standard InChI is InChI=1S/C4H3ClS2/c5-3-1-2-4(6)7-3/h1H,2H2. The zero-order valence-corrected chi connectivity index (χ0v) is 5.87. The number of thiocarbonyl (C=S) groups is 1. The molecule has 0 fully saturated rings. The lowest BCUT2D eigenvalue weighted by atomic mass is 10.5. The maximum absolute atomic E-state index is 5.54. The molecule has 0 saturated heterocycles. The first kappa shape index (κ1) is 5.60. The van der Waals surface area contributed by atoms with E-state index in [1.807, 2.05) is 6.08 Å². The lowest BCUT2D eigenvalue weighted by Crippen LogP contribution is -1.71. The molecule has 0 aliphatic carbocycles. The fourth-order valence-corrected chi connectivity index (χ4v) is 1.75. The molecule has 1 rings (SSSR count). The Morgan fingerprint density at radius 3 is 2.71 bits per heavy atom. The van der Waals surface area contributed by atoms with Crippen LogP contribution in [-0.4, -0.2) is 4.20 Å². The average molecular weight is 151 g/mol. The summed E-state index contributed by atoms with van der Waals surface area (Å²) in [6, 6.07) is 0. The minimum Gasteiger partial charge on any atom is -0.0767 e. The van der Waals surface area contributed by atoms with Crippen molar-refractivity contribution < 1.29 is 0 Å². The van der Waals surface area contributed by atoms with Gasteiger partial charge in [0, 0.05) is 6.42 Å². The zero-order valence-electron chi connectivity index (χ0n) is 3.48. The predicted octanol–water partition coefficient (Wildman–Crippen LogP) is 2.53. The van der Waals surface area contributed by atoms with Gasteiger partial charge < -0.3 is 0 Å². The summed E-state index contributed by atoms with van der Waals surface area (Å²) in [5.74, 6) is 0. The fourth-order valence-electron chi connectivity index (χ4n) is 0.356. The Morgan fingerprint density at radius 1 is 1.86 bits per heavy atom. The number of halogens is 1. The summed E-state index contributed by atoms with van der Waals surface area (Å²) in [6.45, 7) is 0. The van der Waals surface area contributed by atoms with Gasteiger partial charge >= 0.3 is 0 Å². The monoisotopic (exact) mass is 150 g/mol. The lowest BCUT2D eigenvalue weighted by Gasteiger charge is -1.81. The summed E-state index contributed by atoms with van der Waals surface area (Å²) in [5.41, 5.74) is 0. The number of rotatable bonds is 0. The van der Waals surface area contributed by atoms with Crippen LogP contribution >= 0.6 is 35.6 Å². The molecular weight excluding hydrogens is 148 g/mol. The smallest absolute Gasteiger partial charge is 0.0751 e. The topological polar surface area (TPSA) is 0 Å². The summed E-state index contributed by atoms with van der Waals surface area (Å²) in [4.78, 5) is 0. The third-order valence-electron chi connectivity index (χ3n) is 0.641. The summed E-state index contributed by atoms with van der Waals surface area (Å²) in [7, 11) is 0. The predicted molar refractivity (Wildman–Crippen MR) is 38.7 cm³/mol. The molecule has 0 amide bonds. The molecule has 0 aromatic heterocycles. The molecule has 0 nitrogen and oxygen atoms in total. The Morgan fingerprint density at radius 2 is 2.57 bits per heavy atom. The van der Waals surface area contributed by atoms with E-state index in [-0.39, 0.29) is 0 Å². The summed E-state index contributed by atoms with van der Waals surface area (Å²) >= 11 is 11.8. The second kappa shape index (κ2) is 2.16. The molecule has 1 aliphatic heterocycles. The first-order valence-electron chi connectivity index (χ1n) is 1.85. The highest BCUT2D eigenvalue weighted by Gasteiger charge is 2.05. The molecule has 0 spiro atoms. The van der Waals surface area contributed by atoms with E-state index in [0.717, 1.165) is 15.0 Å². The zero-order chi connectivity index (χ0) is 5.28. The Balaban J connectivity index is 2.58. The second-order valence-corrected chi connectivity index (χ2v) is 3.71. The molecular formula is C4H3ClS2. The van der Waals surface area contributed by atoms with Crippen molar-refractivity contribution in [3.8, 4) is 0 Å². The van der Waals surface area contributed by atoms with Crippen molar-refractivity contribution in [1.29, 1.82) is 0 Å². The molecule has 0 radical (unpaired) electrons. The van der Waals surface area contributed by atoms with Gasteiger partial charge in [0.25, 0.3) is 0 Å². The highest BCUT2D eigenvalue weighted by molar-refractivity contribution is 8.26. The summed E-state index contributed by atoms with van der Waals surface area (Å²) < 4.78 is 1.80. The normalized spacial score (nSPS) is 20.1. The molecule has 0 unspecified atom stereocenters. The average Bonchev–Trinajstić information content (AvgIpc) is 1.87. The molecule has 0 aromatic rings. The van der Waals surface area contributed by atoms with Crippen LogP contribution in [0.25, 0.3) is 0 Å². The highest BCUT2D eigenvalue weighted by atomic mass is 35.5. The number of thioether (sulfide) groups is 1. The van der Waals surface area contributed by atoms with Gasteiger partial charge in [-0.25, -0.2) is 0 Å². The van der Waals surface area contributed by atoms with Gasteiger partial charge in [-0.05, 0) is 0 Å². The molecule has 0 aromatic carbocycles. The van der Waals surface area contributed by atoms with Gasteiger partial charge in [0.05, 0.1) is 8.56 Å². The van der Waals surface area contributed by atoms with E-state index >= 15 is 0 Å². The molecule has 7 heavy (non-hydrogen) atoms. The van der Waals surface area contributed by atoms with Crippen LogP contribution in [0.1, 0.15) is 6.42 Å². The maximum atomic E-state index is 5.54. The number of allylic oxidation sites excluding steroid dienone is 1. The third kappa shape index (κ3) is 1.44. The van der Waals surface area contributed by atoms with Gasteiger partial charge in [-0.1, -0.05) is 41.7 Å². The van der Waals surface area contributed by atoms with Crippen LogP contribution < -0.4 is 0 Å². The van der Waals surface area contributed by atoms with Crippen LogP contribution in [0.5, 0.6) is 0 Å². The van der Waals surface area contributed by atoms with E-state index in [0.29, 0.717) is 0 Å².